The molecule has 0 spiro atoms. The highest BCUT2D eigenvalue weighted by atomic mass is 79.9. The Kier molecular flexibility index (Phi) is 6.74. The van der Waals surface area contributed by atoms with Gasteiger partial charge >= 0.3 is 0 Å². The minimum Gasteiger partial charge on any atom is -0.293 e. The van der Waals surface area contributed by atoms with E-state index < -0.39 is 0 Å². The van der Waals surface area contributed by atoms with Gasteiger partial charge in [-0.25, -0.2) is 0 Å². The standard InChI is InChI=1S/C22H18Br2OS/c1-15-2-12-20(13-3-15)26-14-21(16-4-8-18(23)9-5-16)22(25)17-6-10-19(24)11-7-17/h2-13,21H,14H2,1H3. The lowest BCUT2D eigenvalue weighted by molar-refractivity contribution is 0.0968. The SMILES string of the molecule is Cc1ccc(SCC(C(=O)c2ccc(Br)cc2)c2ccc(Br)cc2)cc1. The predicted molar refractivity (Wildman–Crippen MR) is 117 cm³/mol. The first-order chi connectivity index (χ1) is 12.5. The number of hydrogen-bond acceptors (Lipinski definition) is 2. The molecule has 0 N–H and O–H groups in total. The van der Waals surface area contributed by atoms with E-state index in [9.17, 15) is 4.79 Å². The highest BCUT2D eigenvalue weighted by molar-refractivity contribution is 9.10. The van der Waals surface area contributed by atoms with E-state index in [-0.39, 0.29) is 11.7 Å². The van der Waals surface area contributed by atoms with Gasteiger partial charge < -0.3 is 0 Å². The number of carbonyl (C=O) groups excluding carboxylic acids is 1. The highest BCUT2D eigenvalue weighted by Crippen LogP contribution is 2.30. The molecule has 1 unspecified atom stereocenters. The van der Waals surface area contributed by atoms with Crippen LogP contribution in [0.1, 0.15) is 27.4 Å². The van der Waals surface area contributed by atoms with Crippen LogP contribution in [-0.2, 0) is 0 Å². The van der Waals surface area contributed by atoms with Crippen LogP contribution in [0.2, 0.25) is 0 Å². The zero-order chi connectivity index (χ0) is 18.5. The third-order valence-corrected chi connectivity index (χ3v) is 6.32. The van der Waals surface area contributed by atoms with E-state index in [1.165, 1.54) is 10.5 Å². The van der Waals surface area contributed by atoms with Crippen LogP contribution < -0.4 is 0 Å². The van der Waals surface area contributed by atoms with E-state index in [0.717, 1.165) is 20.1 Å². The Morgan fingerprint density at radius 1 is 0.846 bits per heavy atom. The average molecular weight is 490 g/mol. The molecular weight excluding hydrogens is 472 g/mol. The number of hydrogen-bond donors (Lipinski definition) is 0. The van der Waals surface area contributed by atoms with Crippen LogP contribution in [0.3, 0.4) is 0 Å². The Morgan fingerprint density at radius 2 is 1.38 bits per heavy atom. The summed E-state index contributed by atoms with van der Waals surface area (Å²) in [5.74, 6) is 0.676. The van der Waals surface area contributed by atoms with Gasteiger partial charge in [-0.15, -0.1) is 11.8 Å². The van der Waals surface area contributed by atoms with Crippen LogP contribution in [0.25, 0.3) is 0 Å². The summed E-state index contributed by atoms with van der Waals surface area (Å²) >= 11 is 8.62. The van der Waals surface area contributed by atoms with Crippen molar-refractivity contribution in [1.29, 1.82) is 0 Å². The van der Waals surface area contributed by atoms with Gasteiger partial charge in [-0.3, -0.25) is 4.79 Å². The van der Waals surface area contributed by atoms with Gasteiger partial charge in [-0.2, -0.15) is 0 Å². The molecule has 1 nitrogen and oxygen atoms in total. The Balaban J connectivity index is 1.85. The molecule has 0 heterocycles. The van der Waals surface area contributed by atoms with Crippen LogP contribution in [0.4, 0.5) is 0 Å². The fourth-order valence-corrected chi connectivity index (χ4v) is 4.21. The summed E-state index contributed by atoms with van der Waals surface area (Å²) in [4.78, 5) is 14.4. The number of thioether (sulfide) groups is 1. The molecule has 3 aromatic rings. The maximum Gasteiger partial charge on any atom is 0.171 e. The molecule has 0 aliphatic heterocycles. The normalized spacial score (nSPS) is 12.0. The molecule has 132 valence electrons. The Hall–Kier alpha value is -1.36. The van der Waals surface area contributed by atoms with E-state index in [1.807, 2.05) is 48.5 Å². The average Bonchev–Trinajstić information content (AvgIpc) is 2.65. The van der Waals surface area contributed by atoms with Gasteiger partial charge in [0, 0.05) is 25.2 Å². The monoisotopic (exact) mass is 488 g/mol. The number of benzene rings is 3. The molecule has 26 heavy (non-hydrogen) atoms. The molecule has 4 heteroatoms. The Labute approximate surface area is 175 Å². The fraction of sp³-hybridized carbons (Fsp3) is 0.136. The largest absolute Gasteiger partial charge is 0.293 e. The van der Waals surface area contributed by atoms with Gasteiger partial charge in [0.2, 0.25) is 0 Å². The minimum atomic E-state index is -0.185. The summed E-state index contributed by atoms with van der Waals surface area (Å²) in [6.45, 7) is 2.08. The maximum absolute atomic E-state index is 13.2. The summed E-state index contributed by atoms with van der Waals surface area (Å²) in [6.07, 6.45) is 0. The molecule has 0 bridgehead atoms. The van der Waals surface area contributed by atoms with E-state index in [4.69, 9.17) is 0 Å². The fourth-order valence-electron chi connectivity index (χ4n) is 2.65. The van der Waals surface area contributed by atoms with Gasteiger partial charge in [-0.05, 0) is 48.9 Å². The first-order valence-electron chi connectivity index (χ1n) is 8.27. The van der Waals surface area contributed by atoms with E-state index >= 15 is 0 Å². The molecule has 0 amide bonds. The molecular formula is C22H18Br2OS. The number of aryl methyl sites for hydroxylation is 1. The van der Waals surface area contributed by atoms with E-state index in [1.54, 1.807) is 11.8 Å². The predicted octanol–water partition coefficient (Wildman–Crippen LogP) is 7.28. The lowest BCUT2D eigenvalue weighted by Crippen LogP contribution is -2.15. The number of halogens is 2. The van der Waals surface area contributed by atoms with Crippen LogP contribution in [0.15, 0.2) is 86.6 Å². The molecule has 1 atom stereocenters. The Morgan fingerprint density at radius 3 is 1.96 bits per heavy atom. The summed E-state index contributed by atoms with van der Waals surface area (Å²) < 4.78 is 1.99. The lowest BCUT2D eigenvalue weighted by atomic mass is 9.92. The topological polar surface area (TPSA) is 17.1 Å². The second-order valence-electron chi connectivity index (χ2n) is 6.10. The molecule has 0 radical (unpaired) electrons. The van der Waals surface area contributed by atoms with Gasteiger partial charge in [0.15, 0.2) is 5.78 Å². The smallest absolute Gasteiger partial charge is 0.171 e. The molecule has 0 aromatic heterocycles. The molecule has 3 rings (SSSR count). The molecule has 0 aliphatic carbocycles. The van der Waals surface area contributed by atoms with Crippen LogP contribution in [-0.4, -0.2) is 11.5 Å². The summed E-state index contributed by atoms with van der Waals surface area (Å²) in [7, 11) is 0. The van der Waals surface area contributed by atoms with Crippen LogP contribution >= 0.6 is 43.6 Å². The molecule has 0 saturated heterocycles. The van der Waals surface area contributed by atoms with Crippen LogP contribution in [0, 0.1) is 6.92 Å². The second kappa shape index (κ2) is 9.03. The lowest BCUT2D eigenvalue weighted by Gasteiger charge is -2.17. The summed E-state index contributed by atoms with van der Waals surface area (Å²) in [6, 6.07) is 24.1. The number of ketones is 1. The molecule has 0 saturated carbocycles. The molecule has 0 aliphatic rings. The highest BCUT2D eigenvalue weighted by Gasteiger charge is 2.22. The van der Waals surface area contributed by atoms with Gasteiger partial charge in [0.1, 0.15) is 0 Å². The van der Waals surface area contributed by atoms with Crippen LogP contribution in [0.5, 0.6) is 0 Å². The molecule has 0 fully saturated rings. The zero-order valence-corrected chi connectivity index (χ0v) is 18.3. The van der Waals surface area contributed by atoms with Crippen molar-refractivity contribution < 1.29 is 4.79 Å². The first-order valence-corrected chi connectivity index (χ1v) is 10.8. The van der Waals surface area contributed by atoms with Crippen molar-refractivity contribution in [2.75, 3.05) is 5.75 Å². The van der Waals surface area contributed by atoms with E-state index in [0.29, 0.717) is 5.75 Å². The third-order valence-electron chi connectivity index (χ3n) is 4.16. The van der Waals surface area contributed by atoms with Crippen molar-refractivity contribution in [2.24, 2.45) is 0 Å². The first kappa shape index (κ1) is 19.4. The van der Waals surface area contributed by atoms with Crippen molar-refractivity contribution in [2.45, 2.75) is 17.7 Å². The summed E-state index contributed by atoms with van der Waals surface area (Å²) in [5.41, 5.74) is 3.02. The number of Topliss-reactive ketones (excluding diaryl/α,β-unsaturated/α-hetero) is 1. The Bertz CT molecular complexity index is 872. The molecule has 3 aromatic carbocycles. The maximum atomic E-state index is 13.2. The number of rotatable bonds is 6. The van der Waals surface area contributed by atoms with Crippen molar-refractivity contribution in [3.8, 4) is 0 Å². The van der Waals surface area contributed by atoms with Crippen molar-refractivity contribution in [3.63, 3.8) is 0 Å². The minimum absolute atomic E-state index is 0.152. The zero-order valence-electron chi connectivity index (χ0n) is 14.3. The van der Waals surface area contributed by atoms with Gasteiger partial charge in [-0.1, -0.05) is 73.8 Å². The number of carbonyl (C=O) groups is 1. The van der Waals surface area contributed by atoms with Crippen molar-refractivity contribution >= 4 is 49.4 Å². The second-order valence-corrected chi connectivity index (χ2v) is 9.02. The quantitative estimate of drug-likeness (QED) is 0.267. The van der Waals surface area contributed by atoms with Crippen molar-refractivity contribution in [3.05, 3.63) is 98.4 Å². The van der Waals surface area contributed by atoms with Gasteiger partial charge in [0.25, 0.3) is 0 Å². The van der Waals surface area contributed by atoms with Gasteiger partial charge in [0.05, 0.1) is 5.92 Å². The van der Waals surface area contributed by atoms with Crippen molar-refractivity contribution in [1.82, 2.24) is 0 Å². The summed E-state index contributed by atoms with van der Waals surface area (Å²) in [5, 5.41) is 0. The van der Waals surface area contributed by atoms with E-state index in [2.05, 4.69) is 63.0 Å². The third kappa shape index (κ3) is 5.09.